The smallest absolute Gasteiger partial charge is 0.354 e. The van der Waals surface area contributed by atoms with E-state index < -0.39 is 11.7 Å². The van der Waals surface area contributed by atoms with Gasteiger partial charge in [0.25, 0.3) is 0 Å². The lowest BCUT2D eigenvalue weighted by molar-refractivity contribution is -0.137. The monoisotopic (exact) mass is 288 g/mol. The van der Waals surface area contributed by atoms with E-state index >= 15 is 0 Å². The Labute approximate surface area is 116 Å². The lowest BCUT2D eigenvalue weighted by Gasteiger charge is -2.29. The number of rotatable bonds is 2. The topological polar surface area (TPSA) is 54.2 Å². The van der Waals surface area contributed by atoms with E-state index in [1.54, 1.807) is 0 Å². The van der Waals surface area contributed by atoms with E-state index in [-0.39, 0.29) is 11.9 Å². The van der Waals surface area contributed by atoms with Gasteiger partial charge in [-0.2, -0.15) is 13.2 Å². The Bertz CT molecular complexity index is 461. The van der Waals surface area contributed by atoms with Gasteiger partial charge in [0.15, 0.2) is 0 Å². The number of nitrogens with zero attached hydrogens (tertiary/aromatic N) is 2. The highest BCUT2D eigenvalue weighted by atomic mass is 19.4. The Morgan fingerprint density at radius 2 is 2.05 bits per heavy atom. The first kappa shape index (κ1) is 14.9. The third kappa shape index (κ3) is 3.33. The molecule has 1 aliphatic heterocycles. The third-order valence-corrected chi connectivity index (χ3v) is 3.63. The van der Waals surface area contributed by atoms with Crippen molar-refractivity contribution in [3.8, 4) is 0 Å². The summed E-state index contributed by atoms with van der Waals surface area (Å²) in [7, 11) is 0. The zero-order valence-corrected chi connectivity index (χ0v) is 11.4. The first-order valence-electron chi connectivity index (χ1n) is 6.74. The molecule has 0 saturated carbocycles. The van der Waals surface area contributed by atoms with E-state index in [1.807, 2.05) is 11.8 Å². The molecule has 1 aromatic heterocycles. The Balaban J connectivity index is 2.39. The molecule has 1 atom stereocenters. The van der Waals surface area contributed by atoms with Crippen molar-refractivity contribution in [3.05, 3.63) is 17.7 Å². The summed E-state index contributed by atoms with van der Waals surface area (Å²) in [4.78, 5) is 6.10. The van der Waals surface area contributed by atoms with Gasteiger partial charge in [0.2, 0.25) is 0 Å². The summed E-state index contributed by atoms with van der Waals surface area (Å²) in [6.45, 7) is 2.74. The zero-order chi connectivity index (χ0) is 14.8. The highest BCUT2D eigenvalue weighted by Crippen LogP contribution is 2.34. The van der Waals surface area contributed by atoms with E-state index in [9.17, 15) is 13.2 Å². The summed E-state index contributed by atoms with van der Waals surface area (Å²) in [5.41, 5.74) is 1.48. The van der Waals surface area contributed by atoms with Crippen LogP contribution in [-0.4, -0.2) is 17.6 Å². The average molecular weight is 288 g/mol. The Kier molecular flexibility index (Phi) is 4.37. The minimum absolute atomic E-state index is 0.0336. The molecule has 0 radical (unpaired) electrons. The molecule has 1 unspecified atom stereocenters. The summed E-state index contributed by atoms with van der Waals surface area (Å²) < 4.78 is 38.7. The number of pyridine rings is 1. The number of halogens is 3. The van der Waals surface area contributed by atoms with Gasteiger partial charge in [0.05, 0.1) is 5.56 Å². The standard InChI is InChI=1S/C13H19F3N4/c1-9-5-3-2-4-6-20(9)12-8-10(13(14,15)16)7-11(18-12)19-17/h7-9H,2-6,17H2,1H3,(H,18,19). The van der Waals surface area contributed by atoms with Crippen LogP contribution in [-0.2, 0) is 6.18 Å². The van der Waals surface area contributed by atoms with Gasteiger partial charge in [-0.1, -0.05) is 12.8 Å². The van der Waals surface area contributed by atoms with Crippen molar-refractivity contribution in [1.29, 1.82) is 0 Å². The molecular formula is C13H19F3N4. The van der Waals surface area contributed by atoms with Crippen LogP contribution in [0.1, 0.15) is 38.2 Å². The molecule has 1 aliphatic rings. The van der Waals surface area contributed by atoms with Crippen molar-refractivity contribution >= 4 is 11.6 Å². The van der Waals surface area contributed by atoms with Gasteiger partial charge in [-0.15, -0.1) is 0 Å². The van der Waals surface area contributed by atoms with Crippen LogP contribution >= 0.6 is 0 Å². The predicted octanol–water partition coefficient (Wildman–Crippen LogP) is 3.15. The minimum Gasteiger partial charge on any atom is -0.354 e. The highest BCUT2D eigenvalue weighted by Gasteiger charge is 2.32. The maximum absolute atomic E-state index is 12.9. The molecule has 1 aromatic rings. The Morgan fingerprint density at radius 3 is 2.70 bits per heavy atom. The van der Waals surface area contributed by atoms with Crippen molar-refractivity contribution in [3.63, 3.8) is 0 Å². The summed E-state index contributed by atoms with van der Waals surface area (Å²) in [6, 6.07) is 2.20. The lowest BCUT2D eigenvalue weighted by Crippen LogP contribution is -2.33. The summed E-state index contributed by atoms with van der Waals surface area (Å²) >= 11 is 0. The average Bonchev–Trinajstić information content (AvgIpc) is 2.62. The van der Waals surface area contributed by atoms with E-state index in [4.69, 9.17) is 5.84 Å². The molecule has 112 valence electrons. The number of nitrogen functional groups attached to an aromatic ring is 1. The number of hydrazine groups is 1. The van der Waals surface area contributed by atoms with Crippen LogP contribution in [0.2, 0.25) is 0 Å². The van der Waals surface area contributed by atoms with Crippen LogP contribution in [0.3, 0.4) is 0 Å². The van der Waals surface area contributed by atoms with E-state index in [2.05, 4.69) is 10.4 Å². The van der Waals surface area contributed by atoms with Crippen LogP contribution < -0.4 is 16.2 Å². The van der Waals surface area contributed by atoms with Crippen molar-refractivity contribution in [2.75, 3.05) is 16.9 Å². The van der Waals surface area contributed by atoms with Gasteiger partial charge < -0.3 is 10.3 Å². The Hall–Kier alpha value is -1.50. The van der Waals surface area contributed by atoms with E-state index in [1.165, 1.54) is 0 Å². The fourth-order valence-electron chi connectivity index (χ4n) is 2.52. The van der Waals surface area contributed by atoms with Crippen molar-refractivity contribution in [1.82, 2.24) is 4.98 Å². The van der Waals surface area contributed by atoms with Crippen LogP contribution in [0.5, 0.6) is 0 Å². The number of alkyl halides is 3. The molecule has 1 fully saturated rings. The number of hydrogen-bond donors (Lipinski definition) is 2. The molecule has 4 nitrogen and oxygen atoms in total. The van der Waals surface area contributed by atoms with Crippen molar-refractivity contribution in [2.24, 2.45) is 5.84 Å². The molecule has 0 amide bonds. The maximum atomic E-state index is 12.9. The van der Waals surface area contributed by atoms with Crippen LogP contribution in [0, 0.1) is 0 Å². The normalized spacial score (nSPS) is 20.6. The summed E-state index contributed by atoms with van der Waals surface area (Å²) in [5.74, 6) is 5.60. The highest BCUT2D eigenvalue weighted by molar-refractivity contribution is 5.51. The quantitative estimate of drug-likeness (QED) is 0.648. The maximum Gasteiger partial charge on any atom is 0.416 e. The predicted molar refractivity (Wildman–Crippen MR) is 72.3 cm³/mol. The fraction of sp³-hybridized carbons (Fsp3) is 0.615. The van der Waals surface area contributed by atoms with Gasteiger partial charge in [0.1, 0.15) is 11.6 Å². The first-order chi connectivity index (χ1) is 9.41. The molecule has 0 spiro atoms. The van der Waals surface area contributed by atoms with Gasteiger partial charge in [-0.3, -0.25) is 0 Å². The number of aromatic nitrogens is 1. The second kappa shape index (κ2) is 5.87. The third-order valence-electron chi connectivity index (χ3n) is 3.63. The largest absolute Gasteiger partial charge is 0.416 e. The molecule has 2 rings (SSSR count). The number of anilines is 2. The molecule has 7 heteroatoms. The van der Waals surface area contributed by atoms with Crippen molar-refractivity contribution < 1.29 is 13.2 Å². The molecule has 1 saturated heterocycles. The Morgan fingerprint density at radius 1 is 1.30 bits per heavy atom. The molecule has 2 heterocycles. The molecule has 0 aliphatic carbocycles. The van der Waals surface area contributed by atoms with Crippen LogP contribution in [0.4, 0.5) is 24.8 Å². The number of hydrogen-bond acceptors (Lipinski definition) is 4. The summed E-state index contributed by atoms with van der Waals surface area (Å²) in [6.07, 6.45) is -0.282. The summed E-state index contributed by atoms with van der Waals surface area (Å²) in [5, 5.41) is 0. The van der Waals surface area contributed by atoms with Gasteiger partial charge in [-0.25, -0.2) is 10.8 Å². The molecule has 20 heavy (non-hydrogen) atoms. The van der Waals surface area contributed by atoms with Gasteiger partial charge in [0, 0.05) is 12.6 Å². The molecular weight excluding hydrogens is 269 g/mol. The van der Waals surface area contributed by atoms with Gasteiger partial charge in [-0.05, 0) is 31.9 Å². The van der Waals surface area contributed by atoms with Crippen LogP contribution in [0.25, 0.3) is 0 Å². The SMILES string of the molecule is CC1CCCCCN1c1cc(C(F)(F)F)cc(NN)n1. The minimum atomic E-state index is -4.40. The number of nitrogens with two attached hydrogens (primary N) is 1. The van der Waals surface area contributed by atoms with E-state index in [0.717, 1.165) is 44.4 Å². The first-order valence-corrected chi connectivity index (χ1v) is 6.74. The fourth-order valence-corrected chi connectivity index (χ4v) is 2.52. The molecule has 0 bridgehead atoms. The second-order valence-corrected chi connectivity index (χ2v) is 5.13. The second-order valence-electron chi connectivity index (χ2n) is 5.13. The molecule has 3 N–H and O–H groups in total. The molecule has 0 aromatic carbocycles. The number of nitrogens with one attached hydrogen (secondary N) is 1. The van der Waals surface area contributed by atoms with Gasteiger partial charge >= 0.3 is 6.18 Å². The van der Waals surface area contributed by atoms with E-state index in [0.29, 0.717) is 5.82 Å². The lowest BCUT2D eigenvalue weighted by atomic mass is 10.1. The van der Waals surface area contributed by atoms with Crippen LogP contribution in [0.15, 0.2) is 12.1 Å². The van der Waals surface area contributed by atoms with Crippen molar-refractivity contribution in [2.45, 2.75) is 44.8 Å². The zero-order valence-electron chi connectivity index (χ0n) is 11.4.